The molecule has 1 fully saturated rings. The monoisotopic (exact) mass is 264 g/mol. The Morgan fingerprint density at radius 2 is 2.11 bits per heavy atom. The summed E-state index contributed by atoms with van der Waals surface area (Å²) in [6.07, 6.45) is 0.234. The Bertz CT molecular complexity index is 427. The summed E-state index contributed by atoms with van der Waals surface area (Å²) in [4.78, 5) is 10.6. The Labute approximate surface area is 113 Å². The fraction of sp³-hybridized carbons (Fsp3) is 0.500. The molecular formula is C14H20N2O3. The normalized spacial score (nSPS) is 16.5. The predicted molar refractivity (Wildman–Crippen MR) is 73.2 cm³/mol. The van der Waals surface area contributed by atoms with Crippen LogP contribution in [0.25, 0.3) is 0 Å². The van der Waals surface area contributed by atoms with Crippen molar-refractivity contribution in [1.29, 1.82) is 0 Å². The Hall–Kier alpha value is -1.75. The smallest absolute Gasteiger partial charge is 0.220 e. The zero-order valence-electron chi connectivity index (χ0n) is 11.1. The average Bonchev–Trinajstić information content (AvgIpc) is 2.35. The van der Waals surface area contributed by atoms with Crippen LogP contribution in [-0.4, -0.2) is 32.3 Å². The first-order chi connectivity index (χ1) is 9.07. The van der Waals surface area contributed by atoms with Crippen molar-refractivity contribution >= 4 is 11.6 Å². The van der Waals surface area contributed by atoms with Crippen molar-refractivity contribution in [2.75, 3.05) is 31.7 Å². The molecule has 1 aliphatic heterocycles. The van der Waals surface area contributed by atoms with E-state index in [1.807, 2.05) is 24.3 Å². The fourth-order valence-electron chi connectivity index (χ4n) is 1.81. The summed E-state index contributed by atoms with van der Waals surface area (Å²) in [5, 5.41) is 3.38. The van der Waals surface area contributed by atoms with Gasteiger partial charge in [0.15, 0.2) is 0 Å². The molecule has 0 atom stereocenters. The third-order valence-electron chi connectivity index (χ3n) is 3.09. The van der Waals surface area contributed by atoms with Gasteiger partial charge < -0.3 is 20.5 Å². The Balaban J connectivity index is 1.76. The molecule has 1 saturated heterocycles. The van der Waals surface area contributed by atoms with Gasteiger partial charge in [-0.2, -0.15) is 0 Å². The Morgan fingerprint density at radius 1 is 1.42 bits per heavy atom. The van der Waals surface area contributed by atoms with Gasteiger partial charge in [-0.15, -0.1) is 0 Å². The SMILES string of the molecule is CC1(CNc2ccc(OCCC(N)=O)cc2)COC1. The average molecular weight is 264 g/mol. The number of hydrogen-bond acceptors (Lipinski definition) is 4. The number of carbonyl (C=O) groups is 1. The van der Waals surface area contributed by atoms with Crippen LogP contribution in [0, 0.1) is 5.41 Å². The van der Waals surface area contributed by atoms with Crippen molar-refractivity contribution in [2.24, 2.45) is 11.1 Å². The summed E-state index contributed by atoms with van der Waals surface area (Å²) in [6, 6.07) is 7.68. The Morgan fingerprint density at radius 3 is 2.63 bits per heavy atom. The number of carbonyl (C=O) groups excluding carboxylic acids is 1. The highest BCUT2D eigenvalue weighted by Gasteiger charge is 2.32. The maximum Gasteiger partial charge on any atom is 0.220 e. The molecule has 0 aromatic heterocycles. The first kappa shape index (κ1) is 13.7. The van der Waals surface area contributed by atoms with Crippen LogP contribution in [0.5, 0.6) is 5.75 Å². The topological polar surface area (TPSA) is 73.6 Å². The second-order valence-electron chi connectivity index (χ2n) is 5.25. The number of rotatable bonds is 7. The molecule has 1 aromatic carbocycles. The molecule has 1 aliphatic rings. The van der Waals surface area contributed by atoms with Crippen molar-refractivity contribution in [3.05, 3.63) is 24.3 Å². The van der Waals surface area contributed by atoms with Crippen LogP contribution < -0.4 is 15.8 Å². The van der Waals surface area contributed by atoms with Gasteiger partial charge in [0.25, 0.3) is 0 Å². The number of primary amides is 1. The lowest BCUT2D eigenvalue weighted by molar-refractivity contribution is -0.118. The molecule has 0 saturated carbocycles. The summed E-state index contributed by atoms with van der Waals surface area (Å²) in [6.45, 7) is 5.04. The number of amides is 1. The first-order valence-corrected chi connectivity index (χ1v) is 6.40. The molecule has 5 nitrogen and oxygen atoms in total. The highest BCUT2D eigenvalue weighted by molar-refractivity contribution is 5.73. The van der Waals surface area contributed by atoms with E-state index in [1.54, 1.807) is 0 Å². The highest BCUT2D eigenvalue weighted by atomic mass is 16.5. The lowest BCUT2D eigenvalue weighted by Gasteiger charge is -2.38. The zero-order valence-corrected chi connectivity index (χ0v) is 11.1. The molecule has 2 rings (SSSR count). The second kappa shape index (κ2) is 5.93. The molecule has 19 heavy (non-hydrogen) atoms. The molecule has 0 aliphatic carbocycles. The number of nitrogens with two attached hydrogens (primary N) is 1. The van der Waals surface area contributed by atoms with Crippen molar-refractivity contribution in [3.8, 4) is 5.75 Å². The molecule has 0 unspecified atom stereocenters. The summed E-state index contributed by atoms with van der Waals surface area (Å²) in [5.74, 6) is 0.388. The van der Waals surface area contributed by atoms with E-state index in [1.165, 1.54) is 0 Å². The molecule has 1 amide bonds. The van der Waals surface area contributed by atoms with Crippen molar-refractivity contribution in [2.45, 2.75) is 13.3 Å². The minimum atomic E-state index is -0.353. The molecule has 0 spiro atoms. The van der Waals surface area contributed by atoms with E-state index < -0.39 is 0 Å². The molecule has 1 heterocycles. The number of ether oxygens (including phenoxy) is 2. The lowest BCUT2D eigenvalue weighted by atomic mass is 9.89. The molecule has 1 aromatic rings. The summed E-state index contributed by atoms with van der Waals surface area (Å²) >= 11 is 0. The van der Waals surface area contributed by atoms with Gasteiger partial charge in [0.1, 0.15) is 5.75 Å². The van der Waals surface area contributed by atoms with E-state index in [0.717, 1.165) is 31.2 Å². The van der Waals surface area contributed by atoms with Crippen LogP contribution in [0.3, 0.4) is 0 Å². The van der Waals surface area contributed by atoms with Crippen molar-refractivity contribution in [1.82, 2.24) is 0 Å². The number of benzene rings is 1. The maximum absolute atomic E-state index is 10.6. The van der Waals surface area contributed by atoms with Gasteiger partial charge >= 0.3 is 0 Å². The molecule has 0 bridgehead atoms. The third-order valence-corrected chi connectivity index (χ3v) is 3.09. The van der Waals surface area contributed by atoms with Gasteiger partial charge in [-0.25, -0.2) is 0 Å². The quantitative estimate of drug-likeness (QED) is 0.780. The van der Waals surface area contributed by atoms with Crippen LogP contribution in [-0.2, 0) is 9.53 Å². The molecular weight excluding hydrogens is 244 g/mol. The minimum Gasteiger partial charge on any atom is -0.493 e. The molecule has 3 N–H and O–H groups in total. The van der Waals surface area contributed by atoms with E-state index in [0.29, 0.717) is 6.61 Å². The van der Waals surface area contributed by atoms with Crippen LogP contribution in [0.2, 0.25) is 0 Å². The maximum atomic E-state index is 10.6. The van der Waals surface area contributed by atoms with E-state index in [2.05, 4.69) is 12.2 Å². The number of anilines is 1. The summed E-state index contributed by atoms with van der Waals surface area (Å²) < 4.78 is 10.6. The number of nitrogens with one attached hydrogen (secondary N) is 1. The predicted octanol–water partition coefficient (Wildman–Crippen LogP) is 1.39. The largest absolute Gasteiger partial charge is 0.493 e. The van der Waals surface area contributed by atoms with Gasteiger partial charge in [-0.1, -0.05) is 6.92 Å². The number of hydrogen-bond donors (Lipinski definition) is 2. The van der Waals surface area contributed by atoms with E-state index >= 15 is 0 Å². The van der Waals surface area contributed by atoms with Gasteiger partial charge in [-0.05, 0) is 24.3 Å². The van der Waals surface area contributed by atoms with Crippen molar-refractivity contribution in [3.63, 3.8) is 0 Å². The van der Waals surface area contributed by atoms with E-state index in [4.69, 9.17) is 15.2 Å². The first-order valence-electron chi connectivity index (χ1n) is 6.40. The molecule has 0 radical (unpaired) electrons. The highest BCUT2D eigenvalue weighted by Crippen LogP contribution is 2.27. The van der Waals surface area contributed by atoms with E-state index in [-0.39, 0.29) is 17.7 Å². The van der Waals surface area contributed by atoms with E-state index in [9.17, 15) is 4.79 Å². The van der Waals surface area contributed by atoms with Gasteiger partial charge in [0, 0.05) is 17.6 Å². The summed E-state index contributed by atoms with van der Waals surface area (Å²) in [7, 11) is 0. The van der Waals surface area contributed by atoms with Crippen LogP contribution in [0.1, 0.15) is 13.3 Å². The Kier molecular flexibility index (Phi) is 4.27. The fourth-order valence-corrected chi connectivity index (χ4v) is 1.81. The van der Waals surface area contributed by atoms with Crippen molar-refractivity contribution < 1.29 is 14.3 Å². The van der Waals surface area contributed by atoms with Gasteiger partial charge in [0.05, 0.1) is 26.2 Å². The summed E-state index contributed by atoms with van der Waals surface area (Å²) in [5.41, 5.74) is 6.34. The van der Waals surface area contributed by atoms with Crippen LogP contribution >= 0.6 is 0 Å². The molecule has 104 valence electrons. The third kappa shape index (κ3) is 4.13. The standard InChI is InChI=1S/C14H20N2O3/c1-14(9-18-10-14)8-16-11-2-4-12(5-3-11)19-7-6-13(15)17/h2-5,16H,6-10H2,1H3,(H2,15,17). The lowest BCUT2D eigenvalue weighted by Crippen LogP contribution is -2.45. The van der Waals surface area contributed by atoms with Crippen LogP contribution in [0.4, 0.5) is 5.69 Å². The zero-order chi connectivity index (χ0) is 13.7. The van der Waals surface area contributed by atoms with Gasteiger partial charge in [-0.3, -0.25) is 4.79 Å². The molecule has 5 heteroatoms. The second-order valence-corrected chi connectivity index (χ2v) is 5.25. The van der Waals surface area contributed by atoms with Gasteiger partial charge in [0.2, 0.25) is 5.91 Å². The van der Waals surface area contributed by atoms with Crippen LogP contribution in [0.15, 0.2) is 24.3 Å². The minimum absolute atomic E-state index is 0.234.